The molecule has 0 atom stereocenters. The molecule has 1 aromatic heterocycles. The first-order valence-electron chi connectivity index (χ1n) is 8.15. The fourth-order valence-electron chi connectivity index (χ4n) is 2.96. The highest BCUT2D eigenvalue weighted by molar-refractivity contribution is 5.74. The lowest BCUT2D eigenvalue weighted by molar-refractivity contribution is 0.169. The molecule has 1 saturated heterocycles. The van der Waals surface area contributed by atoms with Gasteiger partial charge in [-0.1, -0.05) is 30.3 Å². The van der Waals surface area contributed by atoms with Gasteiger partial charge in [-0.15, -0.1) is 0 Å². The number of carbonyl (C=O) groups excluding carboxylic acids is 1. The predicted octanol–water partition coefficient (Wildman–Crippen LogP) is 2.28. The molecule has 0 aliphatic carbocycles. The van der Waals surface area contributed by atoms with Crippen LogP contribution < -0.4 is 5.32 Å². The van der Waals surface area contributed by atoms with E-state index in [4.69, 9.17) is 0 Å². The number of nitrogens with one attached hydrogen (secondary N) is 2. The Labute approximate surface area is 136 Å². The average Bonchev–Trinajstić information content (AvgIpc) is 2.99. The molecule has 3 rings (SSSR count). The van der Waals surface area contributed by atoms with Crippen molar-refractivity contribution in [3.8, 4) is 0 Å². The summed E-state index contributed by atoms with van der Waals surface area (Å²) >= 11 is 0. The first kappa shape index (κ1) is 15.5. The summed E-state index contributed by atoms with van der Waals surface area (Å²) < 4.78 is 0. The third-order valence-electron chi connectivity index (χ3n) is 4.30. The van der Waals surface area contributed by atoms with Gasteiger partial charge >= 0.3 is 6.03 Å². The summed E-state index contributed by atoms with van der Waals surface area (Å²) in [6.45, 7) is 4.09. The molecule has 122 valence electrons. The molecule has 1 fully saturated rings. The third kappa shape index (κ3) is 4.31. The number of nitrogens with zero attached hydrogens (tertiary/aromatic N) is 3. The molecule has 0 spiro atoms. The SMILES string of the molecule is Cc1nc(CC2CCN(C(=O)NCc3ccccc3)CC2)n[nH]1. The number of benzene rings is 1. The summed E-state index contributed by atoms with van der Waals surface area (Å²) in [5.41, 5.74) is 1.12. The zero-order valence-corrected chi connectivity index (χ0v) is 13.5. The van der Waals surface area contributed by atoms with Crippen molar-refractivity contribution < 1.29 is 4.79 Å². The maximum Gasteiger partial charge on any atom is 0.317 e. The Kier molecular flexibility index (Phi) is 4.90. The molecule has 2 amide bonds. The zero-order valence-electron chi connectivity index (χ0n) is 13.5. The van der Waals surface area contributed by atoms with E-state index < -0.39 is 0 Å². The molecule has 1 aliphatic heterocycles. The van der Waals surface area contributed by atoms with E-state index >= 15 is 0 Å². The summed E-state index contributed by atoms with van der Waals surface area (Å²) in [5.74, 6) is 2.30. The van der Waals surface area contributed by atoms with Gasteiger partial charge in [0.1, 0.15) is 5.82 Å². The number of urea groups is 1. The van der Waals surface area contributed by atoms with Gasteiger partial charge in [0.05, 0.1) is 0 Å². The number of aromatic nitrogens is 3. The van der Waals surface area contributed by atoms with Gasteiger partial charge in [-0.3, -0.25) is 5.10 Å². The van der Waals surface area contributed by atoms with Crippen molar-refractivity contribution in [2.75, 3.05) is 13.1 Å². The number of carbonyl (C=O) groups is 1. The summed E-state index contributed by atoms with van der Waals surface area (Å²) in [5, 5.41) is 10.1. The number of rotatable bonds is 4. The number of aromatic amines is 1. The topological polar surface area (TPSA) is 73.9 Å². The van der Waals surface area contributed by atoms with Crippen LogP contribution in [0.15, 0.2) is 30.3 Å². The molecule has 23 heavy (non-hydrogen) atoms. The van der Waals surface area contributed by atoms with Gasteiger partial charge in [0.15, 0.2) is 5.82 Å². The second-order valence-electron chi connectivity index (χ2n) is 6.12. The van der Waals surface area contributed by atoms with Crippen LogP contribution in [0.1, 0.15) is 30.1 Å². The number of hydrogen-bond acceptors (Lipinski definition) is 3. The molecule has 0 radical (unpaired) electrons. The molecule has 2 N–H and O–H groups in total. The third-order valence-corrected chi connectivity index (χ3v) is 4.30. The molecule has 0 saturated carbocycles. The summed E-state index contributed by atoms with van der Waals surface area (Å²) in [7, 11) is 0. The van der Waals surface area contributed by atoms with E-state index in [2.05, 4.69) is 20.5 Å². The Morgan fingerprint density at radius 1 is 1.30 bits per heavy atom. The van der Waals surface area contributed by atoms with Crippen molar-refractivity contribution in [3.63, 3.8) is 0 Å². The molecule has 1 aromatic carbocycles. The summed E-state index contributed by atoms with van der Waals surface area (Å²) in [6.07, 6.45) is 2.91. The largest absolute Gasteiger partial charge is 0.334 e. The quantitative estimate of drug-likeness (QED) is 0.909. The van der Waals surface area contributed by atoms with Crippen LogP contribution >= 0.6 is 0 Å². The van der Waals surface area contributed by atoms with E-state index in [-0.39, 0.29) is 6.03 Å². The van der Waals surface area contributed by atoms with Crippen molar-refractivity contribution in [3.05, 3.63) is 47.5 Å². The average molecular weight is 313 g/mol. The molecule has 0 bridgehead atoms. The van der Waals surface area contributed by atoms with Gasteiger partial charge in [0.2, 0.25) is 0 Å². The Balaban J connectivity index is 1.42. The monoisotopic (exact) mass is 313 g/mol. The van der Waals surface area contributed by atoms with Gasteiger partial charge in [0.25, 0.3) is 0 Å². The summed E-state index contributed by atoms with van der Waals surface area (Å²) in [4.78, 5) is 18.5. The molecule has 0 unspecified atom stereocenters. The van der Waals surface area contributed by atoms with E-state index in [0.717, 1.165) is 49.6 Å². The molecule has 6 heteroatoms. The van der Waals surface area contributed by atoms with Gasteiger partial charge in [0, 0.05) is 26.1 Å². The van der Waals surface area contributed by atoms with Gasteiger partial charge in [-0.25, -0.2) is 9.78 Å². The second-order valence-corrected chi connectivity index (χ2v) is 6.12. The number of H-pyrrole nitrogens is 1. The number of aryl methyl sites for hydroxylation is 1. The van der Waals surface area contributed by atoms with Gasteiger partial charge in [-0.05, 0) is 31.2 Å². The van der Waals surface area contributed by atoms with Crippen LogP contribution in [0.25, 0.3) is 0 Å². The molecular weight excluding hydrogens is 290 g/mol. The van der Waals surface area contributed by atoms with Crippen molar-refractivity contribution >= 4 is 6.03 Å². The molecule has 2 aromatic rings. The lowest BCUT2D eigenvalue weighted by Gasteiger charge is -2.31. The second kappa shape index (κ2) is 7.26. The van der Waals surface area contributed by atoms with Crippen molar-refractivity contribution in [2.45, 2.75) is 32.7 Å². The van der Waals surface area contributed by atoms with E-state index in [1.807, 2.05) is 42.2 Å². The number of piperidine rings is 1. The van der Waals surface area contributed by atoms with E-state index in [1.54, 1.807) is 0 Å². The lowest BCUT2D eigenvalue weighted by atomic mass is 9.93. The first-order chi connectivity index (χ1) is 11.2. The predicted molar refractivity (Wildman–Crippen MR) is 87.8 cm³/mol. The smallest absolute Gasteiger partial charge is 0.317 e. The molecule has 2 heterocycles. The number of amides is 2. The maximum atomic E-state index is 12.2. The minimum atomic E-state index is 0.0287. The Morgan fingerprint density at radius 3 is 2.70 bits per heavy atom. The molecule has 1 aliphatic rings. The van der Waals surface area contributed by atoms with Crippen LogP contribution in [0.5, 0.6) is 0 Å². The minimum Gasteiger partial charge on any atom is -0.334 e. The minimum absolute atomic E-state index is 0.0287. The molecule has 6 nitrogen and oxygen atoms in total. The van der Waals surface area contributed by atoms with Crippen LogP contribution in [-0.2, 0) is 13.0 Å². The van der Waals surface area contributed by atoms with Crippen LogP contribution in [0, 0.1) is 12.8 Å². The fourth-order valence-corrected chi connectivity index (χ4v) is 2.96. The van der Waals surface area contributed by atoms with Crippen molar-refractivity contribution in [2.24, 2.45) is 5.92 Å². The van der Waals surface area contributed by atoms with Gasteiger partial charge in [-0.2, -0.15) is 5.10 Å². The van der Waals surface area contributed by atoms with Crippen LogP contribution in [0.2, 0.25) is 0 Å². The number of hydrogen-bond donors (Lipinski definition) is 2. The van der Waals surface area contributed by atoms with Crippen LogP contribution in [0.3, 0.4) is 0 Å². The highest BCUT2D eigenvalue weighted by Crippen LogP contribution is 2.20. The van der Waals surface area contributed by atoms with Gasteiger partial charge < -0.3 is 10.2 Å². The van der Waals surface area contributed by atoms with Crippen molar-refractivity contribution in [1.82, 2.24) is 25.4 Å². The highest BCUT2D eigenvalue weighted by atomic mass is 16.2. The van der Waals surface area contributed by atoms with Crippen LogP contribution in [-0.4, -0.2) is 39.2 Å². The van der Waals surface area contributed by atoms with E-state index in [0.29, 0.717) is 12.5 Å². The fraction of sp³-hybridized carbons (Fsp3) is 0.471. The Morgan fingerprint density at radius 2 is 2.04 bits per heavy atom. The Hall–Kier alpha value is -2.37. The number of likely N-dealkylation sites (tertiary alicyclic amines) is 1. The maximum absolute atomic E-state index is 12.2. The zero-order chi connectivity index (χ0) is 16.1. The van der Waals surface area contributed by atoms with Crippen LogP contribution in [0.4, 0.5) is 4.79 Å². The lowest BCUT2D eigenvalue weighted by Crippen LogP contribution is -2.44. The Bertz CT molecular complexity index is 631. The normalized spacial score (nSPS) is 15.6. The van der Waals surface area contributed by atoms with Crippen molar-refractivity contribution in [1.29, 1.82) is 0 Å². The highest BCUT2D eigenvalue weighted by Gasteiger charge is 2.23. The summed E-state index contributed by atoms with van der Waals surface area (Å²) in [6, 6.07) is 10.0. The first-order valence-corrected chi connectivity index (χ1v) is 8.15. The standard InChI is InChI=1S/C17H23N5O/c1-13-19-16(21-20-13)11-14-7-9-22(10-8-14)17(23)18-12-15-5-3-2-4-6-15/h2-6,14H,7-12H2,1H3,(H,18,23)(H,19,20,21). The van der Waals surface area contributed by atoms with E-state index in [9.17, 15) is 4.79 Å². The molecular formula is C17H23N5O. The van der Waals surface area contributed by atoms with E-state index in [1.165, 1.54) is 0 Å².